The molecule has 1 aromatic carbocycles. The molecule has 2 aliphatic heterocycles. The van der Waals surface area contributed by atoms with Crippen molar-refractivity contribution in [3.8, 4) is 5.69 Å². The Bertz CT molecular complexity index is 1150. The molecule has 9 nitrogen and oxygen atoms in total. The molecule has 1 N–H and O–H groups in total. The van der Waals surface area contributed by atoms with Gasteiger partial charge in [-0.25, -0.2) is 14.4 Å². The number of hydrogen-bond acceptors (Lipinski definition) is 7. The Kier molecular flexibility index (Phi) is 4.51. The molecule has 3 fully saturated rings. The van der Waals surface area contributed by atoms with Crippen molar-refractivity contribution >= 4 is 17.5 Å². The smallest absolute Gasteiger partial charge is 0.256 e. The maximum Gasteiger partial charge on any atom is 0.256 e. The Labute approximate surface area is 184 Å². The summed E-state index contributed by atoms with van der Waals surface area (Å²) in [5.41, 5.74) is 0.740. The third kappa shape index (κ3) is 3.45. The number of amides is 1. The number of nitrogens with one attached hydrogen (secondary N) is 1. The lowest BCUT2D eigenvalue weighted by atomic mass is 9.82. The van der Waals surface area contributed by atoms with Crippen molar-refractivity contribution in [2.24, 2.45) is 5.92 Å². The van der Waals surface area contributed by atoms with Crippen LogP contribution in [0.15, 0.2) is 43.0 Å². The number of aromatic nitrogens is 5. The van der Waals surface area contributed by atoms with E-state index < -0.39 is 5.82 Å². The zero-order valence-electron chi connectivity index (χ0n) is 17.4. The molecule has 2 unspecified atom stereocenters. The van der Waals surface area contributed by atoms with Crippen molar-refractivity contribution in [3.63, 3.8) is 0 Å². The van der Waals surface area contributed by atoms with Gasteiger partial charge in [-0.1, -0.05) is 0 Å². The van der Waals surface area contributed by atoms with Crippen molar-refractivity contribution in [3.05, 3.63) is 54.4 Å². The Morgan fingerprint density at radius 2 is 1.91 bits per heavy atom. The van der Waals surface area contributed by atoms with E-state index in [1.165, 1.54) is 42.2 Å². The molecule has 0 radical (unpaired) electrons. The summed E-state index contributed by atoms with van der Waals surface area (Å²) in [6.45, 7) is 2.14. The van der Waals surface area contributed by atoms with Gasteiger partial charge < -0.3 is 15.1 Å². The summed E-state index contributed by atoms with van der Waals surface area (Å²) >= 11 is 0. The molecule has 32 heavy (non-hydrogen) atoms. The van der Waals surface area contributed by atoms with E-state index >= 15 is 0 Å². The lowest BCUT2D eigenvalue weighted by Gasteiger charge is -2.54. The summed E-state index contributed by atoms with van der Waals surface area (Å²) in [5, 5.41) is 11.6. The molecule has 164 valence electrons. The average Bonchev–Trinajstić information content (AvgIpc) is 3.43. The molecule has 1 aliphatic carbocycles. The second kappa shape index (κ2) is 7.54. The van der Waals surface area contributed by atoms with Gasteiger partial charge >= 0.3 is 0 Å². The number of nitrogens with zero attached hydrogens (tertiary/aromatic N) is 7. The molecular weight excluding hydrogens is 411 g/mol. The highest BCUT2D eigenvalue weighted by molar-refractivity contribution is 5.98. The van der Waals surface area contributed by atoms with Gasteiger partial charge in [-0.3, -0.25) is 4.79 Å². The van der Waals surface area contributed by atoms with Gasteiger partial charge in [0.15, 0.2) is 0 Å². The molecular formula is C22H23FN8O. The Morgan fingerprint density at radius 1 is 1.06 bits per heavy atom. The lowest BCUT2D eigenvalue weighted by Crippen LogP contribution is -2.65. The van der Waals surface area contributed by atoms with Crippen molar-refractivity contribution in [2.75, 3.05) is 29.9 Å². The van der Waals surface area contributed by atoms with Crippen LogP contribution >= 0.6 is 0 Å². The molecule has 1 saturated carbocycles. The number of benzene rings is 1. The van der Waals surface area contributed by atoms with Gasteiger partial charge in [0.1, 0.15) is 23.8 Å². The highest BCUT2D eigenvalue weighted by Crippen LogP contribution is 2.37. The largest absolute Gasteiger partial charge is 0.367 e. The first-order chi connectivity index (χ1) is 15.7. The van der Waals surface area contributed by atoms with E-state index in [1.54, 1.807) is 17.3 Å². The molecule has 2 saturated heterocycles. The maximum atomic E-state index is 14.0. The van der Waals surface area contributed by atoms with Gasteiger partial charge in [0, 0.05) is 37.7 Å². The Hall–Kier alpha value is -3.56. The van der Waals surface area contributed by atoms with Gasteiger partial charge in [0.05, 0.1) is 29.7 Å². The number of carbonyl (C=O) groups is 1. The minimum Gasteiger partial charge on any atom is -0.367 e. The predicted octanol–water partition coefficient (Wildman–Crippen LogP) is 2.12. The first kappa shape index (κ1) is 19.1. The second-order valence-electron chi connectivity index (χ2n) is 8.68. The van der Waals surface area contributed by atoms with Crippen LogP contribution in [0.1, 0.15) is 29.6 Å². The summed E-state index contributed by atoms with van der Waals surface area (Å²) in [4.78, 5) is 27.6. The third-order valence-electron chi connectivity index (χ3n) is 6.54. The van der Waals surface area contributed by atoms with Gasteiger partial charge in [0.25, 0.3) is 5.91 Å². The zero-order chi connectivity index (χ0) is 21.7. The van der Waals surface area contributed by atoms with E-state index in [0.29, 0.717) is 30.7 Å². The standard InChI is InChI=1S/C22H23FN8O/c23-15-1-4-18(31-26-6-7-27-31)17(9-15)22(32)29-8-5-14-11-30(19(14)12-29)21-10-20(24-13-25-21)28-16-2-3-16/h1,4,6-7,9-10,13-14,16,19H,2-3,5,8,11-12H2,(H,24,25,28). The summed E-state index contributed by atoms with van der Waals surface area (Å²) in [6.07, 6.45) is 7.93. The number of carbonyl (C=O) groups excluding carboxylic acids is 1. The van der Waals surface area contributed by atoms with E-state index in [4.69, 9.17) is 0 Å². The quantitative estimate of drug-likeness (QED) is 0.658. The number of anilines is 2. The van der Waals surface area contributed by atoms with Crippen molar-refractivity contribution in [2.45, 2.75) is 31.3 Å². The van der Waals surface area contributed by atoms with Crippen LogP contribution in [0, 0.1) is 11.7 Å². The van der Waals surface area contributed by atoms with E-state index in [1.807, 2.05) is 6.07 Å². The van der Waals surface area contributed by atoms with Crippen molar-refractivity contribution in [1.29, 1.82) is 0 Å². The van der Waals surface area contributed by atoms with Crippen molar-refractivity contribution < 1.29 is 9.18 Å². The SMILES string of the molecule is O=C(c1cc(F)ccc1-n1nccn1)N1CCC2CN(c3cc(NC4CC4)ncn3)C2C1. The van der Waals surface area contributed by atoms with Crippen LogP contribution in [0.2, 0.25) is 0 Å². The average molecular weight is 434 g/mol. The van der Waals surface area contributed by atoms with Crippen LogP contribution in [0.3, 0.4) is 0 Å². The summed E-state index contributed by atoms with van der Waals surface area (Å²) in [7, 11) is 0. The molecule has 1 amide bonds. The maximum absolute atomic E-state index is 14.0. The first-order valence-corrected chi connectivity index (χ1v) is 11.0. The molecule has 10 heteroatoms. The van der Waals surface area contributed by atoms with Crippen LogP contribution in [0.4, 0.5) is 16.0 Å². The number of hydrogen-bond donors (Lipinski definition) is 1. The fourth-order valence-corrected chi connectivity index (χ4v) is 4.63. The van der Waals surface area contributed by atoms with E-state index in [9.17, 15) is 9.18 Å². The fourth-order valence-electron chi connectivity index (χ4n) is 4.63. The zero-order valence-corrected chi connectivity index (χ0v) is 17.4. The molecule has 3 aromatic rings. The Morgan fingerprint density at radius 3 is 2.72 bits per heavy atom. The molecule has 0 bridgehead atoms. The van der Waals surface area contributed by atoms with Gasteiger partial charge in [0.2, 0.25) is 0 Å². The van der Waals surface area contributed by atoms with Gasteiger partial charge in [-0.05, 0) is 37.5 Å². The van der Waals surface area contributed by atoms with Crippen LogP contribution in [-0.4, -0.2) is 67.5 Å². The van der Waals surface area contributed by atoms with E-state index in [0.717, 1.165) is 24.6 Å². The van der Waals surface area contributed by atoms with Crippen LogP contribution in [-0.2, 0) is 0 Å². The number of halogens is 1. The minimum absolute atomic E-state index is 0.191. The van der Waals surface area contributed by atoms with Crippen molar-refractivity contribution in [1.82, 2.24) is 29.9 Å². The second-order valence-corrected chi connectivity index (χ2v) is 8.68. The summed E-state index contributed by atoms with van der Waals surface area (Å²) < 4.78 is 14.0. The summed E-state index contributed by atoms with van der Waals surface area (Å²) in [6, 6.07) is 6.83. The molecule has 4 heterocycles. The Balaban J connectivity index is 1.22. The monoisotopic (exact) mass is 434 g/mol. The number of piperidine rings is 1. The predicted molar refractivity (Wildman–Crippen MR) is 115 cm³/mol. The molecule has 2 atom stereocenters. The molecule has 6 rings (SSSR count). The molecule has 3 aliphatic rings. The normalized spacial score (nSPS) is 22.3. The number of likely N-dealkylation sites (tertiary alicyclic amines) is 1. The first-order valence-electron chi connectivity index (χ1n) is 11.0. The molecule has 2 aromatic heterocycles. The minimum atomic E-state index is -0.457. The molecule has 0 spiro atoms. The number of fused-ring (bicyclic) bond motifs is 1. The highest BCUT2D eigenvalue weighted by Gasteiger charge is 2.44. The van der Waals surface area contributed by atoms with Crippen LogP contribution in [0.25, 0.3) is 5.69 Å². The van der Waals surface area contributed by atoms with Crippen LogP contribution in [0.5, 0.6) is 0 Å². The fraction of sp³-hybridized carbons (Fsp3) is 0.409. The van der Waals surface area contributed by atoms with E-state index in [2.05, 4.69) is 30.4 Å². The van der Waals surface area contributed by atoms with Gasteiger partial charge in [-0.2, -0.15) is 15.0 Å². The van der Waals surface area contributed by atoms with Gasteiger partial charge in [-0.15, -0.1) is 0 Å². The highest BCUT2D eigenvalue weighted by atomic mass is 19.1. The third-order valence-corrected chi connectivity index (χ3v) is 6.54. The van der Waals surface area contributed by atoms with E-state index in [-0.39, 0.29) is 17.5 Å². The lowest BCUT2D eigenvalue weighted by molar-refractivity contribution is 0.0590. The summed E-state index contributed by atoms with van der Waals surface area (Å²) in [5.74, 6) is 1.59. The van der Waals surface area contributed by atoms with Crippen LogP contribution < -0.4 is 10.2 Å². The number of rotatable bonds is 5. The topological polar surface area (TPSA) is 92.1 Å².